The predicted molar refractivity (Wildman–Crippen MR) is 80.2 cm³/mol. The summed E-state index contributed by atoms with van der Waals surface area (Å²) in [5.74, 6) is 0.816. The molecule has 1 aromatic heterocycles. The first-order chi connectivity index (χ1) is 9.28. The molecule has 1 aromatic carbocycles. The van der Waals surface area contributed by atoms with Crippen molar-refractivity contribution in [2.75, 3.05) is 6.54 Å². The summed E-state index contributed by atoms with van der Waals surface area (Å²) in [6, 6.07) is 11.5. The van der Waals surface area contributed by atoms with Gasteiger partial charge in [0.25, 0.3) is 0 Å². The quantitative estimate of drug-likeness (QED) is 0.892. The van der Waals surface area contributed by atoms with Crippen LogP contribution in [0.15, 0.2) is 30.3 Å². The Morgan fingerprint density at radius 2 is 2.11 bits per heavy atom. The number of rotatable bonds is 4. The van der Waals surface area contributed by atoms with Crippen molar-refractivity contribution in [1.29, 1.82) is 0 Å². The first-order valence-corrected chi connectivity index (χ1v) is 7.38. The van der Waals surface area contributed by atoms with Gasteiger partial charge in [-0.3, -0.25) is 4.98 Å². The summed E-state index contributed by atoms with van der Waals surface area (Å²) in [5.41, 5.74) is 3.61. The lowest BCUT2D eigenvalue weighted by Crippen LogP contribution is -2.32. The summed E-state index contributed by atoms with van der Waals surface area (Å²) in [4.78, 5) is 4.58. The van der Waals surface area contributed by atoms with Crippen molar-refractivity contribution in [2.45, 2.75) is 39.2 Å². The molecule has 19 heavy (non-hydrogen) atoms. The first kappa shape index (κ1) is 12.6. The molecule has 1 unspecified atom stereocenters. The Labute approximate surface area is 115 Å². The Morgan fingerprint density at radius 1 is 1.26 bits per heavy atom. The molecule has 1 aliphatic carbocycles. The molecule has 1 atom stereocenters. The van der Waals surface area contributed by atoms with Gasteiger partial charge in [-0.15, -0.1) is 0 Å². The number of aryl methyl sites for hydroxylation is 1. The van der Waals surface area contributed by atoms with Gasteiger partial charge < -0.3 is 5.32 Å². The summed E-state index contributed by atoms with van der Waals surface area (Å²) in [6.45, 7) is 5.27. The average Bonchev–Trinajstić information content (AvgIpc) is 2.35. The second-order valence-electron chi connectivity index (χ2n) is 5.63. The van der Waals surface area contributed by atoms with E-state index in [1.165, 1.54) is 30.2 Å². The number of pyridine rings is 1. The van der Waals surface area contributed by atoms with Crippen molar-refractivity contribution in [3.8, 4) is 0 Å². The highest BCUT2D eigenvalue weighted by atomic mass is 14.9. The number of fused-ring (bicyclic) bond motifs is 1. The maximum atomic E-state index is 4.58. The highest BCUT2D eigenvalue weighted by Gasteiger charge is 2.27. The molecule has 2 nitrogen and oxygen atoms in total. The van der Waals surface area contributed by atoms with Crippen LogP contribution < -0.4 is 5.32 Å². The standard InChI is InChI=1S/C17H22N2/c1-3-18-17(13-5-4-6-13)15-9-10-16-14(11-15)8-7-12(2)19-16/h7-11,13,17-18H,3-6H2,1-2H3. The highest BCUT2D eigenvalue weighted by Crippen LogP contribution is 2.38. The summed E-state index contributed by atoms with van der Waals surface area (Å²) in [6.07, 6.45) is 4.12. The number of nitrogens with one attached hydrogen (secondary N) is 1. The first-order valence-electron chi connectivity index (χ1n) is 7.38. The van der Waals surface area contributed by atoms with Crippen LogP contribution in [-0.4, -0.2) is 11.5 Å². The predicted octanol–water partition coefficient (Wildman–Crippen LogP) is 3.99. The molecule has 0 bridgehead atoms. The van der Waals surface area contributed by atoms with Crippen LogP contribution in [0.2, 0.25) is 0 Å². The van der Waals surface area contributed by atoms with E-state index in [-0.39, 0.29) is 0 Å². The molecular weight excluding hydrogens is 232 g/mol. The number of benzene rings is 1. The Morgan fingerprint density at radius 3 is 2.79 bits per heavy atom. The minimum Gasteiger partial charge on any atom is -0.310 e. The van der Waals surface area contributed by atoms with Gasteiger partial charge in [-0.1, -0.05) is 25.5 Å². The molecule has 3 rings (SSSR count). The van der Waals surface area contributed by atoms with E-state index in [1.54, 1.807) is 0 Å². The molecule has 1 fully saturated rings. The minimum absolute atomic E-state index is 0.518. The molecule has 0 saturated heterocycles. The molecule has 0 amide bonds. The lowest BCUT2D eigenvalue weighted by molar-refractivity contribution is 0.233. The highest BCUT2D eigenvalue weighted by molar-refractivity contribution is 5.79. The van der Waals surface area contributed by atoms with Crippen LogP contribution in [0.3, 0.4) is 0 Å². The van der Waals surface area contributed by atoms with Crippen LogP contribution in [0.4, 0.5) is 0 Å². The molecule has 0 aliphatic heterocycles. The van der Waals surface area contributed by atoms with Gasteiger partial charge in [-0.2, -0.15) is 0 Å². The normalized spacial score (nSPS) is 17.4. The zero-order valence-corrected chi connectivity index (χ0v) is 11.8. The van der Waals surface area contributed by atoms with Gasteiger partial charge in [-0.05, 0) is 56.0 Å². The van der Waals surface area contributed by atoms with Crippen molar-refractivity contribution >= 4 is 10.9 Å². The van der Waals surface area contributed by atoms with Gasteiger partial charge in [0.15, 0.2) is 0 Å². The molecule has 2 heteroatoms. The van der Waals surface area contributed by atoms with Gasteiger partial charge in [0.1, 0.15) is 0 Å². The largest absolute Gasteiger partial charge is 0.310 e. The third-order valence-corrected chi connectivity index (χ3v) is 4.26. The van der Waals surface area contributed by atoms with E-state index in [0.29, 0.717) is 6.04 Å². The number of nitrogens with zero attached hydrogens (tertiary/aromatic N) is 1. The van der Waals surface area contributed by atoms with Crippen LogP contribution in [0.25, 0.3) is 10.9 Å². The van der Waals surface area contributed by atoms with Crippen LogP contribution in [0, 0.1) is 12.8 Å². The van der Waals surface area contributed by atoms with Gasteiger partial charge in [0.2, 0.25) is 0 Å². The molecule has 1 N–H and O–H groups in total. The zero-order valence-electron chi connectivity index (χ0n) is 11.8. The Balaban J connectivity index is 1.96. The van der Waals surface area contributed by atoms with E-state index >= 15 is 0 Å². The smallest absolute Gasteiger partial charge is 0.0705 e. The SMILES string of the molecule is CCNC(c1ccc2nc(C)ccc2c1)C1CCC1. The third kappa shape index (κ3) is 2.50. The van der Waals surface area contributed by atoms with Crippen LogP contribution in [-0.2, 0) is 0 Å². The van der Waals surface area contributed by atoms with Crippen LogP contribution >= 0.6 is 0 Å². The van der Waals surface area contributed by atoms with E-state index in [0.717, 1.165) is 23.7 Å². The van der Waals surface area contributed by atoms with Crippen molar-refractivity contribution in [3.05, 3.63) is 41.6 Å². The maximum Gasteiger partial charge on any atom is 0.0705 e. The molecular formula is C17H22N2. The third-order valence-electron chi connectivity index (χ3n) is 4.26. The van der Waals surface area contributed by atoms with E-state index in [9.17, 15) is 0 Å². The monoisotopic (exact) mass is 254 g/mol. The summed E-state index contributed by atoms with van der Waals surface area (Å²) < 4.78 is 0. The minimum atomic E-state index is 0.518. The second kappa shape index (κ2) is 5.30. The zero-order chi connectivity index (χ0) is 13.2. The summed E-state index contributed by atoms with van der Waals surface area (Å²) in [7, 11) is 0. The van der Waals surface area contributed by atoms with Crippen LogP contribution in [0.5, 0.6) is 0 Å². The molecule has 0 radical (unpaired) electrons. The molecule has 100 valence electrons. The van der Waals surface area contributed by atoms with Gasteiger partial charge in [0, 0.05) is 17.1 Å². The van der Waals surface area contributed by atoms with Crippen molar-refractivity contribution in [2.24, 2.45) is 5.92 Å². The van der Waals surface area contributed by atoms with Crippen LogP contribution in [0.1, 0.15) is 43.5 Å². The van der Waals surface area contributed by atoms with Gasteiger partial charge in [0.05, 0.1) is 5.52 Å². The number of hydrogen-bond donors (Lipinski definition) is 1. The lowest BCUT2D eigenvalue weighted by Gasteiger charge is -2.34. The Bertz CT molecular complexity index is 572. The maximum absolute atomic E-state index is 4.58. The Hall–Kier alpha value is -1.41. The van der Waals surface area contributed by atoms with E-state index < -0.39 is 0 Å². The summed E-state index contributed by atoms with van der Waals surface area (Å²) >= 11 is 0. The van der Waals surface area contributed by atoms with E-state index in [2.05, 4.69) is 47.6 Å². The fourth-order valence-corrected chi connectivity index (χ4v) is 2.99. The fraction of sp³-hybridized carbons (Fsp3) is 0.471. The van der Waals surface area contributed by atoms with Crippen molar-refractivity contribution < 1.29 is 0 Å². The van der Waals surface area contributed by atoms with E-state index in [1.807, 2.05) is 6.92 Å². The van der Waals surface area contributed by atoms with Gasteiger partial charge >= 0.3 is 0 Å². The molecule has 0 spiro atoms. The van der Waals surface area contributed by atoms with E-state index in [4.69, 9.17) is 0 Å². The lowest BCUT2D eigenvalue weighted by atomic mass is 9.77. The molecule has 1 heterocycles. The second-order valence-corrected chi connectivity index (χ2v) is 5.63. The van der Waals surface area contributed by atoms with Crippen molar-refractivity contribution in [1.82, 2.24) is 10.3 Å². The fourth-order valence-electron chi connectivity index (χ4n) is 2.99. The number of aromatic nitrogens is 1. The summed E-state index contributed by atoms with van der Waals surface area (Å²) in [5, 5.41) is 4.91. The topological polar surface area (TPSA) is 24.9 Å². The van der Waals surface area contributed by atoms with Crippen molar-refractivity contribution in [3.63, 3.8) is 0 Å². The molecule has 1 saturated carbocycles. The Kier molecular flexibility index (Phi) is 3.52. The molecule has 2 aromatic rings. The average molecular weight is 254 g/mol. The van der Waals surface area contributed by atoms with Gasteiger partial charge in [-0.25, -0.2) is 0 Å². The number of hydrogen-bond acceptors (Lipinski definition) is 2. The molecule has 1 aliphatic rings.